The molecule has 3 rings (SSSR count). The Bertz CT molecular complexity index is 1020. The van der Waals surface area contributed by atoms with Crippen LogP contribution in [0, 0.1) is 18.3 Å². The molecule has 0 saturated carbocycles. The first-order valence-corrected chi connectivity index (χ1v) is 10.8. The largest absolute Gasteiger partial charge is 0.354 e. The molecule has 154 valence electrons. The Labute approximate surface area is 181 Å². The maximum atomic E-state index is 13.4. The number of rotatable bonds is 5. The minimum Gasteiger partial charge on any atom is -0.354 e. The number of benzene rings is 2. The number of hydrogen-bond acceptors (Lipinski definition) is 4. The number of carbonyl (C=O) groups excluding carboxylic acids is 2. The summed E-state index contributed by atoms with van der Waals surface area (Å²) in [5, 5.41) is 12.1. The first kappa shape index (κ1) is 21.7. The monoisotopic (exact) mass is 419 g/mol. The van der Waals surface area contributed by atoms with Gasteiger partial charge in [-0.1, -0.05) is 67.6 Å². The number of hydrogen-bond donors (Lipinski definition) is 1. The van der Waals surface area contributed by atoms with Crippen LogP contribution in [0.3, 0.4) is 0 Å². The van der Waals surface area contributed by atoms with Crippen molar-refractivity contribution in [2.75, 3.05) is 11.9 Å². The van der Waals surface area contributed by atoms with E-state index in [1.54, 1.807) is 0 Å². The van der Waals surface area contributed by atoms with Crippen molar-refractivity contribution >= 4 is 29.3 Å². The molecule has 6 heteroatoms. The molecule has 1 aliphatic rings. The summed E-state index contributed by atoms with van der Waals surface area (Å²) in [7, 11) is 1.48. The normalized spacial score (nSPS) is 17.8. The zero-order chi connectivity index (χ0) is 21.8. The molecule has 1 aliphatic heterocycles. The number of thioether (sulfide) groups is 1. The Kier molecular flexibility index (Phi) is 6.63. The Balaban J connectivity index is 2.02. The van der Waals surface area contributed by atoms with Crippen molar-refractivity contribution in [2.45, 2.75) is 38.4 Å². The summed E-state index contributed by atoms with van der Waals surface area (Å²) >= 11 is 1.28. The zero-order valence-corrected chi connectivity index (χ0v) is 18.4. The van der Waals surface area contributed by atoms with E-state index in [0.717, 1.165) is 16.7 Å². The second-order valence-corrected chi connectivity index (χ2v) is 8.78. The lowest BCUT2D eigenvalue weighted by atomic mass is 10.0. The van der Waals surface area contributed by atoms with E-state index in [4.69, 9.17) is 0 Å². The highest BCUT2D eigenvalue weighted by Crippen LogP contribution is 2.42. The fourth-order valence-corrected chi connectivity index (χ4v) is 4.60. The highest BCUT2D eigenvalue weighted by molar-refractivity contribution is 8.05. The van der Waals surface area contributed by atoms with Gasteiger partial charge < -0.3 is 5.32 Å². The maximum absolute atomic E-state index is 13.4. The van der Waals surface area contributed by atoms with Gasteiger partial charge in [-0.2, -0.15) is 5.26 Å². The molecule has 1 heterocycles. The lowest BCUT2D eigenvalue weighted by molar-refractivity contribution is -0.117. The van der Waals surface area contributed by atoms with Gasteiger partial charge in [0.05, 0.1) is 5.25 Å². The van der Waals surface area contributed by atoms with Crippen LogP contribution in [-0.2, 0) is 16.0 Å². The van der Waals surface area contributed by atoms with Crippen LogP contribution in [0.2, 0.25) is 0 Å². The molecule has 0 radical (unpaired) electrons. The fourth-order valence-electron chi connectivity index (χ4n) is 3.29. The summed E-state index contributed by atoms with van der Waals surface area (Å²) in [5.74, 6) is -0.246. The number of likely N-dealkylation sites (N-methyl/N-ethyl adjacent to an activating group) is 1. The minimum absolute atomic E-state index is 0.0461. The predicted molar refractivity (Wildman–Crippen MR) is 121 cm³/mol. The van der Waals surface area contributed by atoms with E-state index in [-0.39, 0.29) is 11.5 Å². The van der Waals surface area contributed by atoms with Crippen LogP contribution in [0.1, 0.15) is 36.5 Å². The summed E-state index contributed by atoms with van der Waals surface area (Å²) in [4.78, 5) is 27.2. The van der Waals surface area contributed by atoms with Crippen LogP contribution in [-0.4, -0.2) is 24.1 Å². The van der Waals surface area contributed by atoms with Crippen LogP contribution in [0.15, 0.2) is 59.1 Å². The molecule has 30 heavy (non-hydrogen) atoms. The second kappa shape index (κ2) is 9.19. The van der Waals surface area contributed by atoms with E-state index in [9.17, 15) is 14.9 Å². The van der Waals surface area contributed by atoms with E-state index in [1.165, 1.54) is 23.7 Å². The van der Waals surface area contributed by atoms with Gasteiger partial charge in [0.1, 0.15) is 16.7 Å². The van der Waals surface area contributed by atoms with Gasteiger partial charge in [0, 0.05) is 12.7 Å². The van der Waals surface area contributed by atoms with Crippen molar-refractivity contribution in [1.29, 1.82) is 5.26 Å². The van der Waals surface area contributed by atoms with E-state index in [2.05, 4.69) is 19.2 Å². The topological polar surface area (TPSA) is 73.2 Å². The first-order valence-electron chi connectivity index (χ1n) is 9.88. The van der Waals surface area contributed by atoms with Gasteiger partial charge in [-0.3, -0.25) is 14.5 Å². The summed E-state index contributed by atoms with van der Waals surface area (Å²) in [6.07, 6.45) is 0.528. The van der Waals surface area contributed by atoms with Crippen molar-refractivity contribution in [3.63, 3.8) is 0 Å². The lowest BCUT2D eigenvalue weighted by Crippen LogP contribution is -2.31. The van der Waals surface area contributed by atoms with Crippen LogP contribution in [0.4, 0.5) is 5.69 Å². The third-order valence-electron chi connectivity index (χ3n) is 5.09. The third kappa shape index (κ3) is 4.42. The highest BCUT2D eigenvalue weighted by atomic mass is 32.2. The molecule has 0 spiro atoms. The number of amides is 2. The van der Waals surface area contributed by atoms with Crippen LogP contribution in [0.25, 0.3) is 0 Å². The molecular weight excluding hydrogens is 394 g/mol. The first-order chi connectivity index (χ1) is 14.3. The van der Waals surface area contributed by atoms with Gasteiger partial charge in [0.25, 0.3) is 5.91 Å². The van der Waals surface area contributed by atoms with E-state index < -0.39 is 11.2 Å². The van der Waals surface area contributed by atoms with E-state index >= 15 is 0 Å². The molecule has 0 bridgehead atoms. The summed E-state index contributed by atoms with van der Waals surface area (Å²) in [6.45, 7) is 6.23. The van der Waals surface area contributed by atoms with Crippen LogP contribution < -0.4 is 10.2 Å². The number of carbonyl (C=O) groups is 2. The van der Waals surface area contributed by atoms with Crippen molar-refractivity contribution in [3.8, 4) is 6.07 Å². The van der Waals surface area contributed by atoms with Crippen LogP contribution >= 0.6 is 11.8 Å². The maximum Gasteiger partial charge on any atom is 0.264 e. The lowest BCUT2D eigenvalue weighted by Gasteiger charge is -2.19. The highest BCUT2D eigenvalue weighted by Gasteiger charge is 2.40. The van der Waals surface area contributed by atoms with Crippen molar-refractivity contribution in [3.05, 3.63) is 75.8 Å². The molecule has 2 aromatic rings. The van der Waals surface area contributed by atoms with Gasteiger partial charge >= 0.3 is 0 Å². The predicted octanol–water partition coefficient (Wildman–Crippen LogP) is 4.29. The third-order valence-corrected chi connectivity index (χ3v) is 6.36. The zero-order valence-electron chi connectivity index (χ0n) is 17.6. The molecule has 1 saturated heterocycles. The molecular formula is C24H25N3O2S. The minimum atomic E-state index is -0.493. The summed E-state index contributed by atoms with van der Waals surface area (Å²) in [5.41, 5.74) is 3.97. The van der Waals surface area contributed by atoms with Gasteiger partial charge in [0.2, 0.25) is 5.91 Å². The number of nitrogens with one attached hydrogen (secondary N) is 1. The van der Waals surface area contributed by atoms with Crippen LogP contribution in [0.5, 0.6) is 0 Å². The quantitative estimate of drug-likeness (QED) is 0.580. The average Bonchev–Trinajstić information content (AvgIpc) is 3.05. The standard InChI is InChI=1S/C24H25N3O2S/c1-15(2)18-9-11-19(12-10-18)27-23(29)21(13-17-7-5-16(3)6-8-17)30-24(27)20(14-25)22(28)26-4/h5-12,15,21H,13H2,1-4H3,(H,26,28)/b24-20-. The molecule has 0 aliphatic carbocycles. The fraction of sp³-hybridized carbons (Fsp3) is 0.292. The number of aryl methyl sites for hydroxylation is 1. The van der Waals surface area contributed by atoms with Gasteiger partial charge in [0.15, 0.2) is 0 Å². The smallest absolute Gasteiger partial charge is 0.264 e. The second-order valence-electron chi connectivity index (χ2n) is 7.59. The van der Waals surface area contributed by atoms with Gasteiger partial charge in [-0.15, -0.1) is 0 Å². The molecule has 1 fully saturated rings. The van der Waals surface area contributed by atoms with E-state index in [0.29, 0.717) is 23.1 Å². The van der Waals surface area contributed by atoms with Crippen molar-refractivity contribution < 1.29 is 9.59 Å². The molecule has 0 aromatic heterocycles. The van der Waals surface area contributed by atoms with Crippen molar-refractivity contribution in [2.24, 2.45) is 0 Å². The SMILES string of the molecule is CNC(=O)/C(C#N)=C1\SC(Cc2ccc(C)cc2)C(=O)N1c1ccc(C(C)C)cc1. The van der Waals surface area contributed by atoms with Gasteiger partial charge in [-0.05, 0) is 42.5 Å². The summed E-state index contributed by atoms with van der Waals surface area (Å²) in [6, 6.07) is 17.8. The number of nitriles is 1. The number of nitrogens with zero attached hydrogens (tertiary/aromatic N) is 2. The average molecular weight is 420 g/mol. The molecule has 2 amide bonds. The van der Waals surface area contributed by atoms with Gasteiger partial charge in [-0.25, -0.2) is 0 Å². The molecule has 2 aromatic carbocycles. The Morgan fingerprint density at radius 2 is 1.80 bits per heavy atom. The Hall–Kier alpha value is -3.04. The van der Waals surface area contributed by atoms with E-state index in [1.807, 2.05) is 61.5 Å². The molecule has 5 nitrogen and oxygen atoms in total. The molecule has 1 unspecified atom stereocenters. The number of anilines is 1. The molecule has 1 atom stereocenters. The Morgan fingerprint density at radius 3 is 2.33 bits per heavy atom. The van der Waals surface area contributed by atoms with Crippen molar-refractivity contribution in [1.82, 2.24) is 5.32 Å². The Morgan fingerprint density at radius 1 is 1.17 bits per heavy atom. The molecule has 1 N–H and O–H groups in total. The summed E-state index contributed by atoms with van der Waals surface area (Å²) < 4.78 is 0.